The largest absolute Gasteiger partial charge is 0.301 e. The molecule has 1 aliphatic rings. The molecule has 0 radical (unpaired) electrons. The van der Waals surface area contributed by atoms with Gasteiger partial charge in [0.1, 0.15) is 0 Å². The van der Waals surface area contributed by atoms with Gasteiger partial charge in [0, 0.05) is 29.4 Å². The summed E-state index contributed by atoms with van der Waals surface area (Å²) in [5, 5.41) is 17.9. The number of nitrogens with zero attached hydrogens (tertiary/aromatic N) is 8. The monoisotopic (exact) mass is 464 g/mol. The summed E-state index contributed by atoms with van der Waals surface area (Å²) >= 11 is 0. The number of hydrogen-bond donors (Lipinski definition) is 0. The fourth-order valence-corrected chi connectivity index (χ4v) is 4.95. The minimum atomic E-state index is 0.634. The molecule has 8 heteroatoms. The Morgan fingerprint density at radius 2 is 1.66 bits per heavy atom. The molecule has 0 amide bonds. The van der Waals surface area contributed by atoms with E-state index in [1.54, 1.807) is 4.80 Å². The molecule has 1 fully saturated rings. The highest BCUT2D eigenvalue weighted by molar-refractivity contribution is 5.80. The average molecular weight is 465 g/mol. The van der Waals surface area contributed by atoms with Crippen LogP contribution < -0.4 is 0 Å². The van der Waals surface area contributed by atoms with Crippen molar-refractivity contribution >= 4 is 5.65 Å². The van der Waals surface area contributed by atoms with Gasteiger partial charge >= 0.3 is 0 Å². The van der Waals surface area contributed by atoms with Gasteiger partial charge in [-0.1, -0.05) is 47.5 Å². The molecule has 0 bridgehead atoms. The third-order valence-electron chi connectivity index (χ3n) is 6.62. The van der Waals surface area contributed by atoms with Crippen LogP contribution in [0.15, 0.2) is 60.9 Å². The third-order valence-corrected chi connectivity index (χ3v) is 6.62. The zero-order valence-corrected chi connectivity index (χ0v) is 20.1. The molecule has 0 saturated carbocycles. The highest BCUT2D eigenvalue weighted by atomic mass is 15.6. The van der Waals surface area contributed by atoms with Crippen molar-refractivity contribution in [1.29, 1.82) is 0 Å². The van der Waals surface area contributed by atoms with Gasteiger partial charge in [-0.25, -0.2) is 9.50 Å². The molecule has 176 valence electrons. The summed E-state index contributed by atoms with van der Waals surface area (Å²) in [6.07, 6.45) is 6.32. The van der Waals surface area contributed by atoms with Gasteiger partial charge in [-0.15, -0.1) is 10.2 Å². The van der Waals surface area contributed by atoms with Crippen molar-refractivity contribution in [2.75, 3.05) is 19.6 Å². The lowest BCUT2D eigenvalue weighted by molar-refractivity contribution is 0.305. The average Bonchev–Trinajstić information content (AvgIpc) is 3.63. The summed E-state index contributed by atoms with van der Waals surface area (Å²) in [6.45, 7) is 8.29. The number of likely N-dealkylation sites (tertiary alicyclic amines) is 1. The van der Waals surface area contributed by atoms with Gasteiger partial charge in [-0.2, -0.15) is 9.90 Å². The van der Waals surface area contributed by atoms with Gasteiger partial charge in [0.15, 0.2) is 5.65 Å². The molecule has 0 atom stereocenters. The Labute approximate surface area is 204 Å². The van der Waals surface area contributed by atoms with Gasteiger partial charge in [-0.05, 0) is 62.7 Å². The molecule has 0 unspecified atom stereocenters. The Morgan fingerprint density at radius 1 is 0.857 bits per heavy atom. The number of fused-ring (bicyclic) bond motifs is 1. The maximum Gasteiger partial charge on any atom is 0.204 e. The predicted octanol–water partition coefficient (Wildman–Crippen LogP) is 4.43. The summed E-state index contributed by atoms with van der Waals surface area (Å²) in [5.41, 5.74) is 8.37. The van der Waals surface area contributed by atoms with Crippen LogP contribution in [0.4, 0.5) is 0 Å². The van der Waals surface area contributed by atoms with Crippen LogP contribution in [0.5, 0.6) is 0 Å². The minimum Gasteiger partial charge on any atom is -0.301 e. The molecule has 0 spiro atoms. The second-order valence-electron chi connectivity index (χ2n) is 9.34. The van der Waals surface area contributed by atoms with Gasteiger partial charge in [0.2, 0.25) is 5.82 Å². The van der Waals surface area contributed by atoms with Crippen LogP contribution in [0.1, 0.15) is 24.0 Å². The van der Waals surface area contributed by atoms with Gasteiger partial charge in [0.25, 0.3) is 0 Å². The second-order valence-corrected chi connectivity index (χ2v) is 9.34. The third kappa shape index (κ3) is 4.33. The molecule has 5 aromatic rings. The van der Waals surface area contributed by atoms with E-state index in [9.17, 15) is 0 Å². The van der Waals surface area contributed by atoms with Gasteiger partial charge < -0.3 is 4.90 Å². The van der Waals surface area contributed by atoms with Crippen LogP contribution in [0, 0.1) is 13.8 Å². The van der Waals surface area contributed by atoms with Crippen LogP contribution in [-0.4, -0.2) is 59.3 Å². The van der Waals surface area contributed by atoms with E-state index in [4.69, 9.17) is 5.10 Å². The number of aromatic nitrogens is 7. The summed E-state index contributed by atoms with van der Waals surface area (Å²) in [6, 6.07) is 16.7. The zero-order valence-electron chi connectivity index (χ0n) is 20.1. The number of tetrazole rings is 1. The van der Waals surface area contributed by atoms with E-state index in [0.29, 0.717) is 5.82 Å². The van der Waals surface area contributed by atoms with Crippen molar-refractivity contribution in [3.8, 4) is 33.8 Å². The van der Waals surface area contributed by atoms with Crippen LogP contribution in [0.25, 0.3) is 39.4 Å². The van der Waals surface area contributed by atoms with Crippen molar-refractivity contribution in [2.45, 2.75) is 33.2 Å². The molecule has 3 aromatic heterocycles. The molecule has 35 heavy (non-hydrogen) atoms. The Morgan fingerprint density at radius 3 is 2.49 bits per heavy atom. The Bertz CT molecular complexity index is 1470. The summed E-state index contributed by atoms with van der Waals surface area (Å²) in [4.78, 5) is 8.81. The molecule has 0 aliphatic carbocycles. The van der Waals surface area contributed by atoms with Crippen molar-refractivity contribution < 1.29 is 0 Å². The van der Waals surface area contributed by atoms with E-state index < -0.39 is 0 Å². The predicted molar refractivity (Wildman–Crippen MR) is 136 cm³/mol. The number of hydrogen-bond acceptors (Lipinski definition) is 6. The lowest BCUT2D eigenvalue weighted by atomic mass is 10.0. The molecule has 4 heterocycles. The van der Waals surface area contributed by atoms with Crippen molar-refractivity contribution in [3.05, 3.63) is 72.1 Å². The topological polar surface area (TPSA) is 77.0 Å². The fraction of sp³-hybridized carbons (Fsp3) is 0.296. The van der Waals surface area contributed by atoms with Gasteiger partial charge in [-0.3, -0.25) is 0 Å². The molecular weight excluding hydrogens is 436 g/mol. The lowest BCUT2D eigenvalue weighted by Gasteiger charge is -2.12. The highest BCUT2D eigenvalue weighted by Gasteiger charge is 2.15. The van der Waals surface area contributed by atoms with Crippen LogP contribution >= 0.6 is 0 Å². The zero-order chi connectivity index (χ0) is 23.8. The number of aryl methyl sites for hydroxylation is 2. The van der Waals surface area contributed by atoms with Crippen LogP contribution in [-0.2, 0) is 6.54 Å². The molecule has 0 N–H and O–H groups in total. The highest BCUT2D eigenvalue weighted by Crippen LogP contribution is 2.29. The SMILES string of the molecule is Cc1cc(C)cc(-c2cnn3c(-c4cccc(-c5nnn(CCN6CCCC6)n5)c4)ccnc23)c1. The maximum atomic E-state index is 4.70. The summed E-state index contributed by atoms with van der Waals surface area (Å²) in [7, 11) is 0. The minimum absolute atomic E-state index is 0.634. The van der Waals surface area contributed by atoms with E-state index in [0.717, 1.165) is 46.7 Å². The lowest BCUT2D eigenvalue weighted by Crippen LogP contribution is -2.24. The fourth-order valence-electron chi connectivity index (χ4n) is 4.95. The van der Waals surface area contributed by atoms with Crippen LogP contribution in [0.3, 0.4) is 0 Å². The van der Waals surface area contributed by atoms with Crippen molar-refractivity contribution in [3.63, 3.8) is 0 Å². The first kappa shape index (κ1) is 21.6. The smallest absolute Gasteiger partial charge is 0.204 e. The van der Waals surface area contributed by atoms with Crippen LogP contribution in [0.2, 0.25) is 0 Å². The molecule has 2 aromatic carbocycles. The van der Waals surface area contributed by atoms with Gasteiger partial charge in [0.05, 0.1) is 18.4 Å². The van der Waals surface area contributed by atoms with Crippen molar-refractivity contribution in [1.82, 2.24) is 39.7 Å². The number of rotatable bonds is 6. The Hall–Kier alpha value is -3.91. The summed E-state index contributed by atoms with van der Waals surface area (Å²) < 4.78 is 1.91. The molecule has 6 rings (SSSR count). The molecular formula is C27H28N8. The first-order chi connectivity index (χ1) is 17.1. The van der Waals surface area contributed by atoms with E-state index in [1.807, 2.05) is 35.1 Å². The molecule has 1 aliphatic heterocycles. The first-order valence-corrected chi connectivity index (χ1v) is 12.2. The summed E-state index contributed by atoms with van der Waals surface area (Å²) in [5.74, 6) is 0.634. The van der Waals surface area contributed by atoms with E-state index in [-0.39, 0.29) is 0 Å². The normalized spacial score (nSPS) is 14.2. The molecule has 1 saturated heterocycles. The second kappa shape index (κ2) is 9.03. The Kier molecular flexibility index (Phi) is 5.58. The maximum absolute atomic E-state index is 4.70. The quantitative estimate of drug-likeness (QED) is 0.370. The Balaban J connectivity index is 1.31. The van der Waals surface area contributed by atoms with E-state index in [2.05, 4.69) is 69.5 Å². The number of benzene rings is 2. The van der Waals surface area contributed by atoms with E-state index in [1.165, 1.54) is 37.1 Å². The molecule has 8 nitrogen and oxygen atoms in total. The first-order valence-electron chi connectivity index (χ1n) is 12.2. The standard InChI is InChI=1S/C27H28N8/c1-19-14-20(2)16-23(15-19)24-18-29-35-25(8-9-28-27(24)35)21-6-5-7-22(17-21)26-30-32-34(31-26)13-12-33-10-3-4-11-33/h5-9,14-18H,3-4,10-13H2,1-2H3. The van der Waals surface area contributed by atoms with Crippen molar-refractivity contribution in [2.24, 2.45) is 0 Å². The van der Waals surface area contributed by atoms with E-state index >= 15 is 0 Å².